The molecule has 0 aliphatic rings. The molecule has 0 aliphatic heterocycles. The Hall–Kier alpha value is -2.15. The fourth-order valence-corrected chi connectivity index (χ4v) is 5.24. The van der Waals surface area contributed by atoms with E-state index in [-0.39, 0.29) is 0 Å². The van der Waals surface area contributed by atoms with Crippen LogP contribution in [0.25, 0.3) is 5.57 Å². The lowest BCUT2D eigenvalue weighted by Gasteiger charge is -2.27. The lowest BCUT2D eigenvalue weighted by Crippen LogP contribution is -2.13. The van der Waals surface area contributed by atoms with Gasteiger partial charge in [0.05, 0.1) is 0 Å². The van der Waals surface area contributed by atoms with Crippen molar-refractivity contribution in [2.24, 2.45) is 16.8 Å². The summed E-state index contributed by atoms with van der Waals surface area (Å²) in [5.74, 6) is 1.25. The summed E-state index contributed by atoms with van der Waals surface area (Å²) in [5.41, 5.74) is 9.73. The number of allylic oxidation sites excluding steroid dienone is 7. The maximum absolute atomic E-state index is 4.60. The molecule has 0 bridgehead atoms. The number of unbranched alkanes of at least 4 members (excludes halogenated alkanes) is 4. The van der Waals surface area contributed by atoms with Crippen LogP contribution in [0.4, 0.5) is 0 Å². The lowest BCUT2D eigenvalue weighted by molar-refractivity contribution is 0.385. The molecule has 234 valence electrons. The van der Waals surface area contributed by atoms with E-state index in [9.17, 15) is 0 Å². The van der Waals surface area contributed by atoms with Crippen LogP contribution < -0.4 is 0 Å². The highest BCUT2D eigenvalue weighted by Crippen LogP contribution is 2.36. The fourth-order valence-electron chi connectivity index (χ4n) is 5.24. The normalized spacial score (nSPS) is 13.5. The number of nitrogens with zero attached hydrogens (tertiary/aromatic N) is 1. The molecule has 1 heteroatoms. The smallest absolute Gasteiger partial charge is 0.0277 e. The minimum Gasteiger partial charge on any atom is -0.296 e. The van der Waals surface area contributed by atoms with E-state index in [0.29, 0.717) is 11.8 Å². The van der Waals surface area contributed by atoms with Gasteiger partial charge in [-0.1, -0.05) is 136 Å². The quantitative estimate of drug-likeness (QED) is 0.101. The summed E-state index contributed by atoms with van der Waals surface area (Å²) in [6.45, 7) is 28.8. The van der Waals surface area contributed by atoms with E-state index in [1.165, 1.54) is 110 Å². The van der Waals surface area contributed by atoms with Crippen LogP contribution >= 0.6 is 0 Å². The molecule has 2 unspecified atom stereocenters. The van der Waals surface area contributed by atoms with Gasteiger partial charge in [-0.3, -0.25) is 4.99 Å². The van der Waals surface area contributed by atoms with Crippen LogP contribution in [0.3, 0.4) is 0 Å². The third kappa shape index (κ3) is 18.1. The Kier molecular flexibility index (Phi) is 26.7. The average Bonchev–Trinajstić information content (AvgIpc) is 2.97. The summed E-state index contributed by atoms with van der Waals surface area (Å²) < 4.78 is 0. The molecule has 0 radical (unpaired) electrons. The van der Waals surface area contributed by atoms with Crippen molar-refractivity contribution in [3.8, 4) is 0 Å². The average molecular weight is 564 g/mol. The van der Waals surface area contributed by atoms with Gasteiger partial charge in [0, 0.05) is 13.3 Å². The number of benzene rings is 1. The number of rotatable bonds is 17. The van der Waals surface area contributed by atoms with Gasteiger partial charge in [-0.05, 0) is 105 Å². The van der Waals surface area contributed by atoms with Gasteiger partial charge in [0.25, 0.3) is 0 Å². The van der Waals surface area contributed by atoms with E-state index in [1.54, 1.807) is 0 Å². The second-order valence-corrected chi connectivity index (χ2v) is 11.4. The monoisotopic (exact) mass is 564 g/mol. The standard InChI is InChI=1S/C34H53N.C4H10.C2H6/c1-10-17-31(21-22-35-9)23-26(4)19-15-13-14-16-20-27(5)33(12-3)30(8)34-25-28(6)32(18-11-2)24-29(34)7;1-3-4-2;1-2/h10,17,21-25,27,33H,8,11-16,18-20H2,1-7,9H3;3-4H2,1-2H3;1-2H3/b17-10-,26-23+,31-21+,35-22?;;. The molecule has 1 aromatic rings. The van der Waals surface area contributed by atoms with Crippen molar-refractivity contribution in [2.75, 3.05) is 7.05 Å². The summed E-state index contributed by atoms with van der Waals surface area (Å²) in [6, 6.07) is 4.81. The summed E-state index contributed by atoms with van der Waals surface area (Å²) in [7, 11) is 1.81. The molecule has 1 nitrogen and oxygen atoms in total. The highest BCUT2D eigenvalue weighted by atomic mass is 14.6. The van der Waals surface area contributed by atoms with Crippen LogP contribution in [0.15, 0.2) is 59.2 Å². The Morgan fingerprint density at radius 1 is 0.927 bits per heavy atom. The van der Waals surface area contributed by atoms with E-state index in [4.69, 9.17) is 0 Å². The van der Waals surface area contributed by atoms with Gasteiger partial charge in [-0.25, -0.2) is 0 Å². The molecular weight excluding hydrogens is 494 g/mol. The minimum atomic E-state index is 0.568. The topological polar surface area (TPSA) is 12.4 Å². The van der Waals surface area contributed by atoms with Crippen molar-refractivity contribution in [1.82, 2.24) is 0 Å². The zero-order valence-corrected chi connectivity index (χ0v) is 29.6. The number of hydrogen-bond donors (Lipinski definition) is 0. The largest absolute Gasteiger partial charge is 0.296 e. The van der Waals surface area contributed by atoms with Crippen LogP contribution in [0.5, 0.6) is 0 Å². The van der Waals surface area contributed by atoms with E-state index < -0.39 is 0 Å². The van der Waals surface area contributed by atoms with Gasteiger partial charge < -0.3 is 0 Å². The van der Waals surface area contributed by atoms with Gasteiger partial charge in [-0.15, -0.1) is 0 Å². The van der Waals surface area contributed by atoms with Crippen molar-refractivity contribution in [2.45, 2.75) is 147 Å². The van der Waals surface area contributed by atoms with Gasteiger partial charge in [0.1, 0.15) is 0 Å². The van der Waals surface area contributed by atoms with Crippen LogP contribution in [0.2, 0.25) is 0 Å². The summed E-state index contributed by atoms with van der Waals surface area (Å²) in [4.78, 5) is 4.07. The second-order valence-electron chi connectivity index (χ2n) is 11.4. The third-order valence-corrected chi connectivity index (χ3v) is 7.79. The molecule has 0 saturated carbocycles. The van der Waals surface area contributed by atoms with E-state index in [2.05, 4.69) is 110 Å². The summed E-state index contributed by atoms with van der Waals surface area (Å²) in [5, 5.41) is 0. The van der Waals surface area contributed by atoms with Crippen molar-refractivity contribution in [3.63, 3.8) is 0 Å². The predicted octanol–water partition coefficient (Wildman–Crippen LogP) is 13.3. The van der Waals surface area contributed by atoms with Gasteiger partial charge in [0.2, 0.25) is 0 Å². The minimum absolute atomic E-state index is 0.568. The number of hydrogen-bond acceptors (Lipinski definition) is 1. The molecule has 0 amide bonds. The molecule has 0 aliphatic carbocycles. The van der Waals surface area contributed by atoms with E-state index >= 15 is 0 Å². The molecule has 1 rings (SSSR count). The Morgan fingerprint density at radius 2 is 1.56 bits per heavy atom. The van der Waals surface area contributed by atoms with Crippen molar-refractivity contribution in [1.29, 1.82) is 0 Å². The molecule has 2 atom stereocenters. The van der Waals surface area contributed by atoms with Crippen LogP contribution in [-0.2, 0) is 6.42 Å². The lowest BCUT2D eigenvalue weighted by atomic mass is 9.78. The molecule has 1 aromatic carbocycles. The molecule has 41 heavy (non-hydrogen) atoms. The second kappa shape index (κ2) is 26.7. The zero-order valence-electron chi connectivity index (χ0n) is 29.6. The third-order valence-electron chi connectivity index (χ3n) is 7.79. The molecule has 0 N–H and O–H groups in total. The SMILES string of the molecule is C=C(c1cc(C)c(CCC)cc1C)C(CC)C(C)CCCCCC/C(C)=C/C(/C=C\C)=C/C=NC.CC.CCCC. The predicted molar refractivity (Wildman–Crippen MR) is 193 cm³/mol. The Labute approximate surface area is 258 Å². The highest BCUT2D eigenvalue weighted by Gasteiger charge is 2.21. The Morgan fingerprint density at radius 3 is 2.10 bits per heavy atom. The van der Waals surface area contributed by atoms with Crippen LogP contribution in [0.1, 0.15) is 149 Å². The molecule has 0 aromatic heterocycles. The number of aliphatic imine (C=N–C) groups is 1. The van der Waals surface area contributed by atoms with Crippen molar-refractivity contribution >= 4 is 11.8 Å². The van der Waals surface area contributed by atoms with Gasteiger partial charge in [0.15, 0.2) is 0 Å². The van der Waals surface area contributed by atoms with Crippen molar-refractivity contribution < 1.29 is 0 Å². The van der Waals surface area contributed by atoms with Gasteiger partial charge >= 0.3 is 0 Å². The Bertz CT molecular complexity index is 922. The van der Waals surface area contributed by atoms with Gasteiger partial charge in [-0.2, -0.15) is 0 Å². The highest BCUT2D eigenvalue weighted by molar-refractivity contribution is 5.74. The van der Waals surface area contributed by atoms with Crippen molar-refractivity contribution in [3.05, 3.63) is 76.4 Å². The van der Waals surface area contributed by atoms with Crippen LogP contribution in [0, 0.1) is 25.7 Å². The maximum Gasteiger partial charge on any atom is 0.0277 e. The maximum atomic E-state index is 4.60. The number of aryl methyl sites for hydroxylation is 3. The van der Waals surface area contributed by atoms with E-state index in [1.807, 2.05) is 27.1 Å². The molecule has 0 heterocycles. The summed E-state index contributed by atoms with van der Waals surface area (Å²) >= 11 is 0. The Balaban J connectivity index is 0. The zero-order chi connectivity index (χ0) is 31.6. The summed E-state index contributed by atoms with van der Waals surface area (Å²) in [6.07, 6.45) is 24.3. The first-order valence-electron chi connectivity index (χ1n) is 16.9. The molecule has 0 saturated heterocycles. The first-order chi connectivity index (χ1) is 19.7. The van der Waals surface area contributed by atoms with Crippen LogP contribution in [-0.4, -0.2) is 13.3 Å². The molecule has 0 fully saturated rings. The first kappa shape index (κ1) is 41.0. The molecular formula is C40H69N. The van der Waals surface area contributed by atoms with E-state index in [0.717, 1.165) is 0 Å². The molecule has 0 spiro atoms. The fraction of sp³-hybridized carbons (Fsp3) is 0.625. The first-order valence-corrected chi connectivity index (χ1v) is 16.9.